The van der Waals surface area contributed by atoms with Crippen molar-refractivity contribution in [2.24, 2.45) is 5.92 Å². The van der Waals surface area contributed by atoms with Crippen molar-refractivity contribution in [3.63, 3.8) is 0 Å². The van der Waals surface area contributed by atoms with Gasteiger partial charge in [0.2, 0.25) is 5.91 Å². The lowest BCUT2D eigenvalue weighted by Gasteiger charge is -2.17. The minimum Gasteiger partial charge on any atom is -0.496 e. The topological polar surface area (TPSA) is 130 Å². The molecule has 13 heteroatoms. The molecule has 0 saturated heterocycles. The Bertz CT molecular complexity index is 962. The third-order valence-electron chi connectivity index (χ3n) is 4.80. The van der Waals surface area contributed by atoms with Gasteiger partial charge in [-0.2, -0.15) is 13.2 Å². The number of carboxylic acid groups (broad SMARTS) is 1. The summed E-state index contributed by atoms with van der Waals surface area (Å²) in [6.07, 6.45) is -3.62. The van der Waals surface area contributed by atoms with Crippen molar-refractivity contribution in [3.8, 4) is 17.2 Å². The summed E-state index contributed by atoms with van der Waals surface area (Å²) in [5.74, 6) is -1.55. The van der Waals surface area contributed by atoms with Crippen molar-refractivity contribution < 1.29 is 37.0 Å². The standard InChI is InChI=1S/C21H33N5O3.C2HF3O2/c1-6-26(7-2)12-8-11-22-21-25-24-20(29-21)17-10-9-16(14-18(17)28-5)23-19(27)13-15(3)4;3-2(4,5)1(6)7/h9-10,14-15H,6-8,11-13H2,1-5H3,(H,22,25)(H,23,27);(H,6,7). The summed E-state index contributed by atoms with van der Waals surface area (Å²) in [7, 11) is 1.57. The predicted octanol–water partition coefficient (Wildman–Crippen LogP) is 4.51. The van der Waals surface area contributed by atoms with E-state index in [1.54, 1.807) is 19.2 Å². The molecule has 3 N–H and O–H groups in total. The number of anilines is 2. The summed E-state index contributed by atoms with van der Waals surface area (Å²) < 4.78 is 42.9. The number of ether oxygens (including phenoxy) is 1. The molecular weight excluding hydrogens is 483 g/mol. The van der Waals surface area contributed by atoms with Crippen LogP contribution in [0, 0.1) is 5.92 Å². The first-order valence-electron chi connectivity index (χ1n) is 11.5. The van der Waals surface area contributed by atoms with Gasteiger partial charge in [-0.3, -0.25) is 4.79 Å². The number of nitrogens with one attached hydrogen (secondary N) is 2. The zero-order valence-electron chi connectivity index (χ0n) is 21.1. The molecule has 1 amide bonds. The van der Waals surface area contributed by atoms with E-state index in [9.17, 15) is 18.0 Å². The number of benzene rings is 1. The summed E-state index contributed by atoms with van der Waals surface area (Å²) in [5.41, 5.74) is 1.35. The van der Waals surface area contributed by atoms with E-state index in [0.29, 0.717) is 41.2 Å². The van der Waals surface area contributed by atoms with Gasteiger partial charge >= 0.3 is 18.2 Å². The maximum atomic E-state index is 12.0. The molecule has 1 aromatic heterocycles. The van der Waals surface area contributed by atoms with Crippen LogP contribution in [0.15, 0.2) is 22.6 Å². The van der Waals surface area contributed by atoms with Crippen LogP contribution in [0.4, 0.5) is 24.9 Å². The molecule has 0 aliphatic rings. The van der Waals surface area contributed by atoms with Crippen LogP contribution in [0.2, 0.25) is 0 Å². The van der Waals surface area contributed by atoms with Crippen molar-refractivity contribution >= 4 is 23.6 Å². The number of amides is 1. The third-order valence-corrected chi connectivity index (χ3v) is 4.80. The number of methoxy groups -OCH3 is 1. The van der Waals surface area contributed by atoms with Crippen LogP contribution in [0.5, 0.6) is 5.75 Å². The van der Waals surface area contributed by atoms with Crippen LogP contribution in [0.25, 0.3) is 11.5 Å². The lowest BCUT2D eigenvalue weighted by molar-refractivity contribution is -0.192. The van der Waals surface area contributed by atoms with Crippen molar-refractivity contribution in [2.75, 3.05) is 43.9 Å². The Morgan fingerprint density at radius 2 is 1.83 bits per heavy atom. The second-order valence-corrected chi connectivity index (χ2v) is 8.08. The first-order valence-corrected chi connectivity index (χ1v) is 11.5. The van der Waals surface area contributed by atoms with Crippen LogP contribution >= 0.6 is 0 Å². The van der Waals surface area contributed by atoms with Crippen LogP contribution < -0.4 is 15.4 Å². The number of carboxylic acids is 1. The molecule has 0 aliphatic carbocycles. The Hall–Kier alpha value is -3.35. The van der Waals surface area contributed by atoms with E-state index in [1.807, 2.05) is 19.9 Å². The Morgan fingerprint density at radius 3 is 2.36 bits per heavy atom. The SMILES string of the molecule is CCN(CC)CCCNc1nnc(-c2ccc(NC(=O)CC(C)C)cc2OC)o1.O=C(O)C(F)(F)F. The molecule has 0 saturated carbocycles. The fourth-order valence-corrected chi connectivity index (χ4v) is 2.97. The highest BCUT2D eigenvalue weighted by Crippen LogP contribution is 2.32. The van der Waals surface area contributed by atoms with Crippen LogP contribution in [-0.4, -0.2) is 71.5 Å². The van der Waals surface area contributed by atoms with Crippen LogP contribution in [0.1, 0.15) is 40.5 Å². The Morgan fingerprint density at radius 1 is 1.19 bits per heavy atom. The highest BCUT2D eigenvalue weighted by atomic mass is 19.4. The molecule has 1 aromatic carbocycles. The second-order valence-electron chi connectivity index (χ2n) is 8.08. The average Bonchev–Trinajstić information content (AvgIpc) is 3.27. The van der Waals surface area contributed by atoms with E-state index in [4.69, 9.17) is 19.1 Å². The molecule has 2 aromatic rings. The van der Waals surface area contributed by atoms with Gasteiger partial charge in [-0.25, -0.2) is 4.79 Å². The normalized spacial score (nSPS) is 11.2. The largest absolute Gasteiger partial charge is 0.496 e. The molecule has 36 heavy (non-hydrogen) atoms. The van der Waals surface area contributed by atoms with E-state index < -0.39 is 12.1 Å². The number of nitrogens with zero attached hydrogens (tertiary/aromatic N) is 3. The van der Waals surface area contributed by atoms with E-state index in [1.165, 1.54) is 0 Å². The number of hydrogen-bond acceptors (Lipinski definition) is 8. The maximum Gasteiger partial charge on any atom is 0.490 e. The monoisotopic (exact) mass is 517 g/mol. The van der Waals surface area contributed by atoms with Crippen LogP contribution in [-0.2, 0) is 9.59 Å². The molecule has 0 bridgehead atoms. The molecule has 0 fully saturated rings. The molecule has 2 rings (SSSR count). The van der Waals surface area contributed by atoms with Gasteiger partial charge in [-0.05, 0) is 44.1 Å². The number of rotatable bonds is 12. The number of carbonyl (C=O) groups is 2. The first kappa shape index (κ1) is 30.7. The number of hydrogen-bond donors (Lipinski definition) is 3. The van der Waals surface area contributed by atoms with Crippen LogP contribution in [0.3, 0.4) is 0 Å². The van der Waals surface area contributed by atoms with Gasteiger partial charge in [0.15, 0.2) is 0 Å². The van der Waals surface area contributed by atoms with Crippen molar-refractivity contribution in [3.05, 3.63) is 18.2 Å². The smallest absolute Gasteiger partial charge is 0.490 e. The number of carbonyl (C=O) groups excluding carboxylic acids is 1. The summed E-state index contributed by atoms with van der Waals surface area (Å²) in [6.45, 7) is 12.2. The summed E-state index contributed by atoms with van der Waals surface area (Å²) in [5, 5.41) is 21.4. The molecule has 202 valence electrons. The third kappa shape index (κ3) is 10.9. The van der Waals surface area contributed by atoms with Gasteiger partial charge in [0.1, 0.15) is 5.75 Å². The summed E-state index contributed by atoms with van der Waals surface area (Å²) in [4.78, 5) is 23.2. The number of aliphatic carboxylic acids is 1. The van der Waals surface area contributed by atoms with Crippen molar-refractivity contribution in [1.29, 1.82) is 0 Å². The molecule has 0 spiro atoms. The lowest BCUT2D eigenvalue weighted by Crippen LogP contribution is -2.25. The Balaban J connectivity index is 0.000000809. The fourth-order valence-electron chi connectivity index (χ4n) is 2.97. The maximum absolute atomic E-state index is 12.0. The molecule has 0 radical (unpaired) electrons. The average molecular weight is 518 g/mol. The molecule has 1 heterocycles. The Labute approximate surface area is 208 Å². The number of aromatic nitrogens is 2. The quantitative estimate of drug-likeness (QED) is 0.348. The Kier molecular flexibility index (Phi) is 12.7. The molecule has 0 aliphatic heterocycles. The van der Waals surface area contributed by atoms with E-state index in [0.717, 1.165) is 32.6 Å². The van der Waals surface area contributed by atoms with E-state index in [-0.39, 0.29) is 5.91 Å². The first-order chi connectivity index (χ1) is 16.9. The minimum atomic E-state index is -5.08. The predicted molar refractivity (Wildman–Crippen MR) is 129 cm³/mol. The molecular formula is C23H34F3N5O5. The highest BCUT2D eigenvalue weighted by Gasteiger charge is 2.38. The summed E-state index contributed by atoms with van der Waals surface area (Å²) >= 11 is 0. The second kappa shape index (κ2) is 14.9. The van der Waals surface area contributed by atoms with E-state index in [2.05, 4.69) is 39.6 Å². The zero-order chi connectivity index (χ0) is 27.3. The van der Waals surface area contributed by atoms with Crippen molar-refractivity contribution in [2.45, 2.75) is 46.7 Å². The molecule has 10 nitrogen and oxygen atoms in total. The van der Waals surface area contributed by atoms with Gasteiger partial charge in [0.05, 0.1) is 12.7 Å². The van der Waals surface area contributed by atoms with Gasteiger partial charge in [-0.15, -0.1) is 5.10 Å². The van der Waals surface area contributed by atoms with E-state index >= 15 is 0 Å². The lowest BCUT2D eigenvalue weighted by atomic mass is 10.1. The van der Waals surface area contributed by atoms with Gasteiger partial charge < -0.3 is 29.8 Å². The van der Waals surface area contributed by atoms with Crippen molar-refractivity contribution in [1.82, 2.24) is 15.1 Å². The molecule has 0 unspecified atom stereocenters. The molecule has 0 atom stereocenters. The number of alkyl halides is 3. The zero-order valence-corrected chi connectivity index (χ0v) is 21.1. The minimum absolute atomic E-state index is 0.0243. The fraction of sp³-hybridized carbons (Fsp3) is 0.565. The highest BCUT2D eigenvalue weighted by molar-refractivity contribution is 5.91. The van der Waals surface area contributed by atoms with Gasteiger partial charge in [0, 0.05) is 24.7 Å². The number of halogens is 3. The summed E-state index contributed by atoms with van der Waals surface area (Å²) in [6, 6.07) is 5.75. The van der Waals surface area contributed by atoms with Gasteiger partial charge in [0.25, 0.3) is 5.89 Å². The van der Waals surface area contributed by atoms with Gasteiger partial charge in [-0.1, -0.05) is 32.8 Å².